The van der Waals surface area contributed by atoms with Crippen molar-refractivity contribution in [1.82, 2.24) is 9.21 Å². The molecule has 0 heterocycles. The van der Waals surface area contributed by atoms with Crippen molar-refractivity contribution in [1.29, 1.82) is 0 Å². The molecule has 8 nitrogen and oxygen atoms in total. The van der Waals surface area contributed by atoms with Crippen LogP contribution in [0.5, 0.6) is 0 Å². The third kappa shape index (κ3) is 7.20. The molecule has 1 rings (SSSR count). The summed E-state index contributed by atoms with van der Waals surface area (Å²) in [6.07, 6.45) is 1.10. The van der Waals surface area contributed by atoms with Gasteiger partial charge in [-0.05, 0) is 26.2 Å². The van der Waals surface area contributed by atoms with Crippen LogP contribution in [0.3, 0.4) is 0 Å². The second-order valence-electron chi connectivity index (χ2n) is 5.80. The van der Waals surface area contributed by atoms with Crippen molar-refractivity contribution < 1.29 is 22.7 Å². The fourth-order valence-corrected chi connectivity index (χ4v) is 2.91. The van der Waals surface area contributed by atoms with Gasteiger partial charge in [-0.15, -0.1) is 0 Å². The number of hydrogen-bond acceptors (Lipinski definition) is 6. The molecule has 0 saturated heterocycles. The van der Waals surface area contributed by atoms with Crippen LogP contribution in [0.2, 0.25) is 0 Å². The van der Waals surface area contributed by atoms with Crippen LogP contribution in [-0.4, -0.2) is 76.6 Å². The zero-order valence-electron chi connectivity index (χ0n) is 15.0. The SMILES string of the molecule is COC(=O)c1ccccc1NC(=O)CCN(CCN(C)C)S(C)(=O)=O. The number of ether oxygens (including phenoxy) is 1. The van der Waals surface area contributed by atoms with Crippen LogP contribution in [0.15, 0.2) is 24.3 Å². The molecule has 140 valence electrons. The lowest BCUT2D eigenvalue weighted by atomic mass is 10.1. The van der Waals surface area contributed by atoms with Gasteiger partial charge < -0.3 is 15.0 Å². The first-order valence-electron chi connectivity index (χ1n) is 7.72. The Labute approximate surface area is 148 Å². The van der Waals surface area contributed by atoms with Gasteiger partial charge in [-0.3, -0.25) is 4.79 Å². The first-order chi connectivity index (χ1) is 11.6. The monoisotopic (exact) mass is 371 g/mol. The molecule has 0 aromatic heterocycles. The largest absolute Gasteiger partial charge is 0.465 e. The normalized spacial score (nSPS) is 11.6. The second kappa shape index (κ2) is 9.50. The van der Waals surface area contributed by atoms with Crippen molar-refractivity contribution >= 4 is 27.6 Å². The fourth-order valence-electron chi connectivity index (χ4n) is 2.07. The van der Waals surface area contributed by atoms with Gasteiger partial charge in [0.2, 0.25) is 15.9 Å². The van der Waals surface area contributed by atoms with Crippen LogP contribution in [0, 0.1) is 0 Å². The molecule has 1 aromatic rings. The molecule has 1 aromatic carbocycles. The predicted molar refractivity (Wildman–Crippen MR) is 96.0 cm³/mol. The number of nitrogens with one attached hydrogen (secondary N) is 1. The van der Waals surface area contributed by atoms with Gasteiger partial charge in [-0.25, -0.2) is 17.5 Å². The number of carbonyl (C=O) groups is 2. The number of benzene rings is 1. The van der Waals surface area contributed by atoms with Crippen molar-refractivity contribution in [3.8, 4) is 0 Å². The number of rotatable bonds is 9. The van der Waals surface area contributed by atoms with Crippen LogP contribution in [-0.2, 0) is 19.6 Å². The molecule has 0 fully saturated rings. The molecule has 0 aliphatic carbocycles. The summed E-state index contributed by atoms with van der Waals surface area (Å²) in [5.74, 6) is -0.936. The molecular formula is C16H25N3O5S. The minimum atomic E-state index is -3.40. The first kappa shape index (κ1) is 21.1. The lowest BCUT2D eigenvalue weighted by Gasteiger charge is -2.21. The third-order valence-electron chi connectivity index (χ3n) is 3.46. The smallest absolute Gasteiger partial charge is 0.339 e. The van der Waals surface area contributed by atoms with Crippen LogP contribution < -0.4 is 5.32 Å². The Morgan fingerprint density at radius 1 is 1.12 bits per heavy atom. The summed E-state index contributed by atoms with van der Waals surface area (Å²) in [6, 6.07) is 6.47. The van der Waals surface area contributed by atoms with Crippen LogP contribution in [0.25, 0.3) is 0 Å². The lowest BCUT2D eigenvalue weighted by Crippen LogP contribution is -2.37. The number of anilines is 1. The number of nitrogens with zero attached hydrogens (tertiary/aromatic N) is 2. The quantitative estimate of drug-likeness (QED) is 0.640. The average molecular weight is 371 g/mol. The molecule has 0 aliphatic heterocycles. The number of amides is 1. The van der Waals surface area contributed by atoms with Gasteiger partial charge in [-0.1, -0.05) is 12.1 Å². The second-order valence-corrected chi connectivity index (χ2v) is 7.78. The zero-order chi connectivity index (χ0) is 19.0. The molecular weight excluding hydrogens is 346 g/mol. The standard InChI is InChI=1S/C16H25N3O5S/c1-18(2)11-12-19(25(4,22)23)10-9-15(20)17-14-8-6-5-7-13(14)16(21)24-3/h5-8H,9-12H2,1-4H3,(H,17,20). The van der Waals surface area contributed by atoms with E-state index in [9.17, 15) is 18.0 Å². The number of carbonyl (C=O) groups excluding carboxylic acids is 2. The third-order valence-corrected chi connectivity index (χ3v) is 4.76. The Kier molecular flexibility index (Phi) is 8.01. The van der Waals surface area contributed by atoms with Crippen LogP contribution >= 0.6 is 0 Å². The molecule has 1 amide bonds. The summed E-state index contributed by atoms with van der Waals surface area (Å²) in [6.45, 7) is 0.927. The average Bonchev–Trinajstić information content (AvgIpc) is 2.53. The lowest BCUT2D eigenvalue weighted by molar-refractivity contribution is -0.116. The van der Waals surface area contributed by atoms with Gasteiger partial charge in [0.15, 0.2) is 0 Å². The van der Waals surface area contributed by atoms with Gasteiger partial charge >= 0.3 is 5.97 Å². The molecule has 0 saturated carbocycles. The van der Waals surface area contributed by atoms with Gasteiger partial charge in [0, 0.05) is 26.1 Å². The molecule has 25 heavy (non-hydrogen) atoms. The maximum absolute atomic E-state index is 12.2. The van der Waals surface area contributed by atoms with E-state index in [1.807, 2.05) is 19.0 Å². The Morgan fingerprint density at radius 2 is 1.76 bits per heavy atom. The number of esters is 1. The van der Waals surface area contributed by atoms with Crippen molar-refractivity contribution in [2.24, 2.45) is 0 Å². The molecule has 9 heteroatoms. The van der Waals surface area contributed by atoms with E-state index in [0.29, 0.717) is 18.8 Å². The van der Waals surface area contributed by atoms with Crippen molar-refractivity contribution in [2.45, 2.75) is 6.42 Å². The van der Waals surface area contributed by atoms with E-state index in [4.69, 9.17) is 0 Å². The molecule has 0 aliphatic rings. The molecule has 0 atom stereocenters. The summed E-state index contributed by atoms with van der Waals surface area (Å²) in [4.78, 5) is 25.7. The number of para-hydroxylation sites is 1. The van der Waals surface area contributed by atoms with E-state index in [1.165, 1.54) is 11.4 Å². The predicted octanol–water partition coefficient (Wildman–Crippen LogP) is 0.625. The van der Waals surface area contributed by atoms with E-state index >= 15 is 0 Å². The highest BCUT2D eigenvalue weighted by molar-refractivity contribution is 7.88. The van der Waals surface area contributed by atoms with Gasteiger partial charge in [-0.2, -0.15) is 0 Å². The molecule has 0 bridgehead atoms. The van der Waals surface area contributed by atoms with Crippen LogP contribution in [0.1, 0.15) is 16.8 Å². The van der Waals surface area contributed by atoms with Crippen LogP contribution in [0.4, 0.5) is 5.69 Å². The molecule has 0 radical (unpaired) electrons. The summed E-state index contributed by atoms with van der Waals surface area (Å²) in [7, 11) is 1.55. The number of likely N-dealkylation sites (N-methyl/N-ethyl adjacent to an activating group) is 1. The van der Waals surface area contributed by atoms with Gasteiger partial charge in [0.05, 0.1) is 24.6 Å². The Balaban J connectivity index is 2.71. The highest BCUT2D eigenvalue weighted by Gasteiger charge is 2.19. The molecule has 1 N–H and O–H groups in total. The maximum atomic E-state index is 12.2. The molecule has 0 unspecified atom stereocenters. The summed E-state index contributed by atoms with van der Waals surface area (Å²) < 4.78 is 29.6. The first-order valence-corrected chi connectivity index (χ1v) is 9.57. The van der Waals surface area contributed by atoms with E-state index in [-0.39, 0.29) is 24.4 Å². The fraction of sp³-hybridized carbons (Fsp3) is 0.500. The Hall–Kier alpha value is -1.97. The van der Waals surface area contributed by atoms with Gasteiger partial charge in [0.25, 0.3) is 0 Å². The van der Waals surface area contributed by atoms with E-state index < -0.39 is 16.0 Å². The van der Waals surface area contributed by atoms with E-state index in [1.54, 1.807) is 24.3 Å². The maximum Gasteiger partial charge on any atom is 0.339 e. The van der Waals surface area contributed by atoms with Gasteiger partial charge in [0.1, 0.15) is 0 Å². The van der Waals surface area contributed by atoms with E-state index in [2.05, 4.69) is 10.1 Å². The van der Waals surface area contributed by atoms with Crippen molar-refractivity contribution in [3.05, 3.63) is 29.8 Å². The topological polar surface area (TPSA) is 96.0 Å². The highest BCUT2D eigenvalue weighted by atomic mass is 32.2. The summed E-state index contributed by atoms with van der Waals surface area (Å²) in [5.41, 5.74) is 0.574. The number of sulfonamides is 1. The summed E-state index contributed by atoms with van der Waals surface area (Å²) >= 11 is 0. The molecule has 0 spiro atoms. The van der Waals surface area contributed by atoms with Crippen molar-refractivity contribution in [3.63, 3.8) is 0 Å². The van der Waals surface area contributed by atoms with E-state index in [0.717, 1.165) is 6.26 Å². The minimum absolute atomic E-state index is 0.0179. The zero-order valence-corrected chi connectivity index (χ0v) is 15.8. The number of methoxy groups -OCH3 is 1. The Morgan fingerprint density at radius 3 is 2.32 bits per heavy atom. The number of hydrogen-bond donors (Lipinski definition) is 1. The minimum Gasteiger partial charge on any atom is -0.465 e. The Bertz CT molecular complexity index is 703. The van der Waals surface area contributed by atoms with Crippen molar-refractivity contribution in [2.75, 3.05) is 52.4 Å². The summed E-state index contributed by atoms with van der Waals surface area (Å²) in [5, 5.41) is 2.63. The highest BCUT2D eigenvalue weighted by Crippen LogP contribution is 2.16.